The molecule has 0 heterocycles. The van der Waals surface area contributed by atoms with E-state index < -0.39 is 0 Å². The Hall–Kier alpha value is -2.34. The zero-order valence-electron chi connectivity index (χ0n) is 10.6. The van der Waals surface area contributed by atoms with E-state index in [9.17, 15) is 0 Å². The number of nitrogens with zero attached hydrogens (tertiary/aromatic N) is 2. The number of halogens is 2. The van der Waals surface area contributed by atoms with Gasteiger partial charge in [-0.05, 0) is 36.4 Å². The molecule has 0 N–H and O–H groups in total. The summed E-state index contributed by atoms with van der Waals surface area (Å²) in [5.41, 5.74) is 0.859. The lowest BCUT2D eigenvalue weighted by Crippen LogP contribution is -2.11. The highest BCUT2D eigenvalue weighted by atomic mass is 35.5. The molecule has 0 amide bonds. The second-order valence-corrected chi connectivity index (χ2v) is 4.73. The molecule has 0 aliphatic carbocycles. The largest absolute Gasteiger partial charge is 0.576 e. The van der Waals surface area contributed by atoms with E-state index in [1.165, 1.54) is 12.1 Å². The van der Waals surface area contributed by atoms with Gasteiger partial charge in [0.05, 0.1) is 33.3 Å². The maximum Gasteiger partial charge on any atom is 0.576 e. The van der Waals surface area contributed by atoms with Crippen molar-refractivity contribution in [2.24, 2.45) is 0 Å². The summed E-state index contributed by atoms with van der Waals surface area (Å²) in [4.78, 5) is 0. The van der Waals surface area contributed by atoms with Gasteiger partial charge in [-0.1, -0.05) is 23.2 Å². The Balaban J connectivity index is 2.05. The highest BCUT2D eigenvalue weighted by molar-refractivity contribution is 6.33. The van der Waals surface area contributed by atoms with Crippen LogP contribution in [0.1, 0.15) is 11.1 Å². The van der Waals surface area contributed by atoms with Gasteiger partial charge in [-0.15, -0.1) is 0 Å². The lowest BCUT2D eigenvalue weighted by molar-refractivity contribution is 0.459. The second kappa shape index (κ2) is 6.90. The van der Waals surface area contributed by atoms with E-state index in [1.54, 1.807) is 24.3 Å². The van der Waals surface area contributed by atoms with Crippen molar-refractivity contribution in [2.75, 3.05) is 0 Å². The summed E-state index contributed by atoms with van der Waals surface area (Å²) >= 11 is 11.9. The van der Waals surface area contributed by atoms with E-state index in [0.717, 1.165) is 0 Å². The van der Waals surface area contributed by atoms with Gasteiger partial charge in [-0.2, -0.15) is 10.5 Å². The van der Waals surface area contributed by atoms with Crippen molar-refractivity contribution in [3.05, 3.63) is 57.6 Å². The van der Waals surface area contributed by atoms with Gasteiger partial charge in [0.2, 0.25) is 0 Å². The summed E-state index contributed by atoms with van der Waals surface area (Å²) in [6.07, 6.45) is 0. The Kier molecular flexibility index (Phi) is 4.95. The van der Waals surface area contributed by atoms with E-state index >= 15 is 0 Å². The summed E-state index contributed by atoms with van der Waals surface area (Å²) in [5.74, 6) is 0.673. The number of hydrogen-bond donors (Lipinski definition) is 0. The van der Waals surface area contributed by atoms with Crippen molar-refractivity contribution in [1.82, 2.24) is 0 Å². The number of hydrogen-bond acceptors (Lipinski definition) is 4. The maximum absolute atomic E-state index is 8.82. The van der Waals surface area contributed by atoms with Crippen LogP contribution in [-0.4, -0.2) is 7.69 Å². The minimum atomic E-state index is -0.150. The first-order valence-electron chi connectivity index (χ1n) is 5.79. The molecule has 0 spiro atoms. The second-order valence-electron chi connectivity index (χ2n) is 3.92. The molecule has 0 aliphatic heterocycles. The Morgan fingerprint density at radius 1 is 0.810 bits per heavy atom. The van der Waals surface area contributed by atoms with Crippen molar-refractivity contribution in [3.8, 4) is 23.6 Å². The predicted molar refractivity (Wildman–Crippen MR) is 80.7 cm³/mol. The molecule has 0 aromatic heterocycles. The van der Waals surface area contributed by atoms with Crippen molar-refractivity contribution in [1.29, 1.82) is 10.5 Å². The van der Waals surface area contributed by atoms with Gasteiger partial charge in [0.25, 0.3) is 0 Å². The number of benzene rings is 2. The first-order chi connectivity index (χ1) is 10.1. The molecule has 0 aliphatic rings. The van der Waals surface area contributed by atoms with Crippen molar-refractivity contribution >= 4 is 30.9 Å². The third-order valence-corrected chi connectivity index (χ3v) is 3.17. The van der Waals surface area contributed by atoms with E-state index in [-0.39, 0.29) is 7.69 Å². The van der Waals surface area contributed by atoms with Gasteiger partial charge in [-0.3, -0.25) is 0 Å². The highest BCUT2D eigenvalue weighted by Gasteiger charge is 2.08. The molecule has 0 saturated carbocycles. The Labute approximate surface area is 132 Å². The molecule has 0 unspecified atom stereocenters. The van der Waals surface area contributed by atoms with Gasteiger partial charge in [0.1, 0.15) is 11.5 Å². The van der Waals surface area contributed by atoms with Crippen molar-refractivity contribution in [2.45, 2.75) is 0 Å². The molecule has 7 heteroatoms. The smallest absolute Gasteiger partial charge is 0.527 e. The monoisotopic (exact) mass is 316 g/mol. The third-order valence-electron chi connectivity index (χ3n) is 2.55. The lowest BCUT2D eigenvalue weighted by atomic mass is 10.2. The molecule has 2 aromatic carbocycles. The number of nitriles is 2. The van der Waals surface area contributed by atoms with Gasteiger partial charge in [-0.25, -0.2) is 0 Å². The van der Waals surface area contributed by atoms with Gasteiger partial charge < -0.3 is 9.31 Å². The molecule has 0 atom stereocenters. The fraction of sp³-hybridized carbons (Fsp3) is 0. The molecule has 0 radical (unpaired) electrons. The molecule has 0 fully saturated rings. The lowest BCUT2D eigenvalue weighted by Gasteiger charge is -2.10. The summed E-state index contributed by atoms with van der Waals surface area (Å²) in [5, 5.41) is 18.4. The van der Waals surface area contributed by atoms with Crippen molar-refractivity contribution < 1.29 is 9.31 Å². The van der Waals surface area contributed by atoms with Gasteiger partial charge >= 0.3 is 7.69 Å². The SMILES string of the molecule is N#Cc1ccc(Cl)c(OBOc2cc(C#N)ccc2Cl)c1. The van der Waals surface area contributed by atoms with E-state index in [1.807, 2.05) is 12.1 Å². The molecule has 2 rings (SSSR count). The predicted octanol–water partition coefficient (Wildman–Crippen LogP) is 3.46. The van der Waals surface area contributed by atoms with Crippen molar-refractivity contribution in [3.63, 3.8) is 0 Å². The van der Waals surface area contributed by atoms with Crippen LogP contribution in [0.2, 0.25) is 10.0 Å². The van der Waals surface area contributed by atoms with E-state index in [2.05, 4.69) is 0 Å². The van der Waals surface area contributed by atoms with Crippen LogP contribution in [0.25, 0.3) is 0 Å². The molecular formula is C14H7BCl2N2O2. The quantitative estimate of drug-likeness (QED) is 0.810. The zero-order valence-corrected chi connectivity index (χ0v) is 12.1. The molecule has 2 aromatic rings. The van der Waals surface area contributed by atoms with Crippen LogP contribution in [0.15, 0.2) is 36.4 Å². The topological polar surface area (TPSA) is 66.0 Å². The third kappa shape index (κ3) is 3.82. The fourth-order valence-electron chi connectivity index (χ4n) is 1.52. The molecule has 0 saturated heterocycles. The van der Waals surface area contributed by atoms with Crippen LogP contribution in [-0.2, 0) is 0 Å². The first-order valence-corrected chi connectivity index (χ1v) is 6.54. The molecule has 0 bridgehead atoms. The number of rotatable bonds is 4. The van der Waals surface area contributed by atoms with E-state index in [0.29, 0.717) is 32.7 Å². The molecule has 21 heavy (non-hydrogen) atoms. The first kappa shape index (κ1) is 15.1. The average Bonchev–Trinajstić information content (AvgIpc) is 2.51. The maximum atomic E-state index is 8.82. The summed E-state index contributed by atoms with van der Waals surface area (Å²) in [7, 11) is -0.150. The van der Waals surface area contributed by atoms with E-state index in [4.69, 9.17) is 43.0 Å². The molecule has 102 valence electrons. The normalized spacial score (nSPS) is 9.33. The fourth-order valence-corrected chi connectivity index (χ4v) is 1.87. The highest BCUT2D eigenvalue weighted by Crippen LogP contribution is 2.27. The van der Waals surface area contributed by atoms with Crippen LogP contribution in [0.4, 0.5) is 0 Å². The van der Waals surface area contributed by atoms with Gasteiger partial charge in [0.15, 0.2) is 0 Å². The summed E-state index contributed by atoms with van der Waals surface area (Å²) in [6, 6.07) is 13.3. The molecular weight excluding hydrogens is 310 g/mol. The molecule has 4 nitrogen and oxygen atoms in total. The van der Waals surface area contributed by atoms with Gasteiger partial charge in [0, 0.05) is 0 Å². The van der Waals surface area contributed by atoms with Crippen LogP contribution in [0, 0.1) is 22.7 Å². The Morgan fingerprint density at radius 3 is 1.62 bits per heavy atom. The average molecular weight is 317 g/mol. The van der Waals surface area contributed by atoms with Crippen LogP contribution in [0.5, 0.6) is 11.5 Å². The Morgan fingerprint density at radius 2 is 1.24 bits per heavy atom. The minimum absolute atomic E-state index is 0.150. The van der Waals surface area contributed by atoms with Crippen LogP contribution < -0.4 is 9.31 Å². The summed E-state index contributed by atoms with van der Waals surface area (Å²) < 4.78 is 10.7. The minimum Gasteiger partial charge on any atom is -0.527 e. The standard InChI is InChI=1S/C14H7BCl2N2O2/c16-11-3-1-9(7-18)5-13(11)20-15-21-14-6-10(8-19)2-4-12(14)17/h1-6,15H. The van der Waals surface area contributed by atoms with Crippen LogP contribution >= 0.6 is 23.2 Å². The Bertz CT molecular complexity index is 690. The van der Waals surface area contributed by atoms with Crippen LogP contribution in [0.3, 0.4) is 0 Å². The summed E-state index contributed by atoms with van der Waals surface area (Å²) in [6.45, 7) is 0. The zero-order chi connectivity index (χ0) is 15.2.